The third kappa shape index (κ3) is 2.99. The Morgan fingerprint density at radius 2 is 1.96 bits per heavy atom. The molecule has 3 heterocycles. The summed E-state index contributed by atoms with van der Waals surface area (Å²) in [5.41, 5.74) is 4.08. The second kappa shape index (κ2) is 5.86. The predicted molar refractivity (Wildman–Crippen MR) is 92.8 cm³/mol. The maximum Gasteiger partial charge on any atom is 0.276 e. The lowest BCUT2D eigenvalue weighted by atomic mass is 10.1. The smallest absolute Gasteiger partial charge is 0.276 e. The molecule has 25 heavy (non-hydrogen) atoms. The summed E-state index contributed by atoms with van der Waals surface area (Å²) in [6, 6.07) is 11.6. The van der Waals surface area contributed by atoms with Crippen molar-refractivity contribution in [2.24, 2.45) is 0 Å². The van der Waals surface area contributed by atoms with Crippen LogP contribution >= 0.6 is 0 Å². The number of nitrogens with zero attached hydrogens (tertiary/aromatic N) is 2. The van der Waals surface area contributed by atoms with E-state index in [2.05, 4.69) is 25.5 Å². The van der Waals surface area contributed by atoms with Crippen LogP contribution in [0.3, 0.4) is 0 Å². The summed E-state index contributed by atoms with van der Waals surface area (Å²) >= 11 is 0. The number of anilines is 1. The minimum absolute atomic E-state index is 0.281. The number of nitrogens with one attached hydrogen (secondary N) is 3. The van der Waals surface area contributed by atoms with Crippen LogP contribution in [-0.2, 0) is 0 Å². The van der Waals surface area contributed by atoms with Crippen molar-refractivity contribution < 1.29 is 9.18 Å². The number of pyridine rings is 1. The number of aryl methyl sites for hydroxylation is 1. The van der Waals surface area contributed by atoms with E-state index in [4.69, 9.17) is 0 Å². The number of rotatable bonds is 3. The first-order valence-electron chi connectivity index (χ1n) is 7.66. The van der Waals surface area contributed by atoms with Gasteiger partial charge >= 0.3 is 0 Å². The average molecular weight is 335 g/mol. The second-order valence-electron chi connectivity index (χ2n) is 5.74. The summed E-state index contributed by atoms with van der Waals surface area (Å²) in [6.45, 7) is 1.83. The standard InChI is InChI=1S/C18H14FN5O/c1-10-6-16(24-23-10)18(25)21-14-7-12-8-15(22-17(12)20-9-14)11-2-4-13(19)5-3-11/h2-9H,1H3,(H,20,22)(H,21,25)(H,23,24). The number of amides is 1. The number of carbonyl (C=O) groups is 1. The fraction of sp³-hybridized carbons (Fsp3) is 0.0556. The van der Waals surface area contributed by atoms with Gasteiger partial charge in [-0.3, -0.25) is 9.89 Å². The van der Waals surface area contributed by atoms with E-state index in [0.29, 0.717) is 17.0 Å². The van der Waals surface area contributed by atoms with Gasteiger partial charge in [0.1, 0.15) is 11.5 Å². The Bertz CT molecular complexity index is 1060. The van der Waals surface area contributed by atoms with E-state index in [9.17, 15) is 9.18 Å². The van der Waals surface area contributed by atoms with Crippen LogP contribution in [0, 0.1) is 12.7 Å². The lowest BCUT2D eigenvalue weighted by Crippen LogP contribution is -2.12. The topological polar surface area (TPSA) is 86.5 Å². The molecule has 0 aliphatic rings. The molecule has 0 atom stereocenters. The van der Waals surface area contributed by atoms with Crippen molar-refractivity contribution in [2.45, 2.75) is 6.92 Å². The van der Waals surface area contributed by atoms with Crippen LogP contribution in [0.1, 0.15) is 16.2 Å². The van der Waals surface area contributed by atoms with Gasteiger partial charge in [-0.25, -0.2) is 9.37 Å². The molecule has 1 aromatic carbocycles. The van der Waals surface area contributed by atoms with Gasteiger partial charge in [0.05, 0.1) is 11.9 Å². The van der Waals surface area contributed by atoms with Crippen molar-refractivity contribution in [3.8, 4) is 11.3 Å². The van der Waals surface area contributed by atoms with Crippen molar-refractivity contribution >= 4 is 22.6 Å². The number of aromatic amines is 2. The molecular weight excluding hydrogens is 321 g/mol. The van der Waals surface area contributed by atoms with E-state index in [-0.39, 0.29) is 11.7 Å². The van der Waals surface area contributed by atoms with Crippen molar-refractivity contribution in [3.05, 3.63) is 65.9 Å². The summed E-state index contributed by atoms with van der Waals surface area (Å²) in [4.78, 5) is 19.7. The molecule has 0 bridgehead atoms. The highest BCUT2D eigenvalue weighted by Gasteiger charge is 2.11. The quantitative estimate of drug-likeness (QED) is 0.534. The van der Waals surface area contributed by atoms with E-state index in [0.717, 1.165) is 22.3 Å². The van der Waals surface area contributed by atoms with Crippen LogP contribution in [0.5, 0.6) is 0 Å². The van der Waals surface area contributed by atoms with Crippen molar-refractivity contribution in [1.82, 2.24) is 20.2 Å². The Balaban J connectivity index is 1.61. The maximum absolute atomic E-state index is 13.1. The van der Waals surface area contributed by atoms with Crippen LogP contribution in [0.15, 0.2) is 48.7 Å². The zero-order valence-electron chi connectivity index (χ0n) is 13.3. The average Bonchev–Trinajstić information content (AvgIpc) is 3.21. The second-order valence-corrected chi connectivity index (χ2v) is 5.74. The van der Waals surface area contributed by atoms with Crippen LogP contribution in [-0.4, -0.2) is 26.1 Å². The Hall–Kier alpha value is -3.48. The third-order valence-corrected chi connectivity index (χ3v) is 3.82. The molecule has 1 amide bonds. The van der Waals surface area contributed by atoms with E-state index in [1.807, 2.05) is 19.1 Å². The largest absolute Gasteiger partial charge is 0.339 e. The van der Waals surface area contributed by atoms with Gasteiger partial charge in [0.2, 0.25) is 0 Å². The zero-order valence-corrected chi connectivity index (χ0v) is 13.3. The molecular formula is C18H14FN5O. The van der Waals surface area contributed by atoms with Gasteiger partial charge in [0.25, 0.3) is 5.91 Å². The summed E-state index contributed by atoms with van der Waals surface area (Å²) in [7, 11) is 0. The van der Waals surface area contributed by atoms with Gasteiger partial charge in [-0.15, -0.1) is 0 Å². The molecule has 0 aliphatic heterocycles. The molecule has 0 saturated heterocycles. The van der Waals surface area contributed by atoms with Crippen molar-refractivity contribution in [2.75, 3.05) is 5.32 Å². The third-order valence-electron chi connectivity index (χ3n) is 3.82. The molecule has 0 saturated carbocycles. The number of benzene rings is 1. The molecule has 3 N–H and O–H groups in total. The molecule has 4 aromatic rings. The monoisotopic (exact) mass is 335 g/mol. The lowest BCUT2D eigenvalue weighted by Gasteiger charge is -2.02. The fourth-order valence-electron chi connectivity index (χ4n) is 2.60. The molecule has 0 radical (unpaired) electrons. The molecule has 7 heteroatoms. The Labute approximate surface area is 142 Å². The van der Waals surface area contributed by atoms with Gasteiger partial charge in [-0.1, -0.05) is 0 Å². The highest BCUT2D eigenvalue weighted by Crippen LogP contribution is 2.25. The molecule has 6 nitrogen and oxygen atoms in total. The summed E-state index contributed by atoms with van der Waals surface area (Å²) in [6.07, 6.45) is 1.57. The van der Waals surface area contributed by atoms with Gasteiger partial charge in [0.15, 0.2) is 5.69 Å². The number of H-pyrrole nitrogens is 2. The van der Waals surface area contributed by atoms with Gasteiger partial charge < -0.3 is 10.3 Å². The number of carbonyl (C=O) groups excluding carboxylic acids is 1. The van der Waals surface area contributed by atoms with Gasteiger partial charge in [0, 0.05) is 16.8 Å². The molecule has 3 aromatic heterocycles. The fourth-order valence-corrected chi connectivity index (χ4v) is 2.60. The van der Waals surface area contributed by atoms with E-state index in [1.54, 1.807) is 24.4 Å². The normalized spacial score (nSPS) is 11.0. The number of hydrogen-bond acceptors (Lipinski definition) is 3. The molecule has 0 spiro atoms. The summed E-state index contributed by atoms with van der Waals surface area (Å²) < 4.78 is 13.1. The maximum atomic E-state index is 13.1. The summed E-state index contributed by atoms with van der Waals surface area (Å²) in [5, 5.41) is 10.3. The first kappa shape index (κ1) is 15.1. The number of aromatic nitrogens is 4. The molecule has 0 unspecified atom stereocenters. The van der Waals surface area contributed by atoms with E-state index in [1.165, 1.54) is 12.1 Å². The van der Waals surface area contributed by atoms with Crippen LogP contribution in [0.2, 0.25) is 0 Å². The minimum atomic E-state index is -0.306. The number of hydrogen-bond donors (Lipinski definition) is 3. The van der Waals surface area contributed by atoms with Gasteiger partial charge in [-0.05, 0) is 55.0 Å². The number of halogens is 1. The highest BCUT2D eigenvalue weighted by molar-refractivity contribution is 6.03. The van der Waals surface area contributed by atoms with Crippen LogP contribution in [0.4, 0.5) is 10.1 Å². The zero-order chi connectivity index (χ0) is 17.4. The van der Waals surface area contributed by atoms with Crippen LogP contribution in [0.25, 0.3) is 22.3 Å². The van der Waals surface area contributed by atoms with Crippen molar-refractivity contribution in [3.63, 3.8) is 0 Å². The Kier molecular flexibility index (Phi) is 3.53. The molecule has 124 valence electrons. The summed E-state index contributed by atoms with van der Waals surface area (Å²) in [5.74, 6) is -0.587. The predicted octanol–water partition coefficient (Wildman–Crippen LogP) is 3.65. The first-order chi connectivity index (χ1) is 12.1. The van der Waals surface area contributed by atoms with Gasteiger partial charge in [-0.2, -0.15) is 5.10 Å². The van der Waals surface area contributed by atoms with Crippen molar-refractivity contribution in [1.29, 1.82) is 0 Å². The highest BCUT2D eigenvalue weighted by atomic mass is 19.1. The minimum Gasteiger partial charge on any atom is -0.339 e. The molecule has 0 aliphatic carbocycles. The van der Waals surface area contributed by atoms with E-state index >= 15 is 0 Å². The number of fused-ring (bicyclic) bond motifs is 1. The molecule has 4 rings (SSSR count). The Morgan fingerprint density at radius 1 is 1.16 bits per heavy atom. The SMILES string of the molecule is Cc1cc(C(=O)Nc2cnc3[nH]c(-c4ccc(F)cc4)cc3c2)n[nH]1. The Morgan fingerprint density at radius 3 is 2.68 bits per heavy atom. The first-order valence-corrected chi connectivity index (χ1v) is 7.66. The van der Waals surface area contributed by atoms with Crippen LogP contribution < -0.4 is 5.32 Å². The lowest BCUT2D eigenvalue weighted by molar-refractivity contribution is 0.102. The van der Waals surface area contributed by atoms with E-state index < -0.39 is 0 Å². The molecule has 0 fully saturated rings.